The van der Waals surface area contributed by atoms with Crippen LogP contribution in [-0.2, 0) is 9.47 Å². The summed E-state index contributed by atoms with van der Waals surface area (Å²) in [6, 6.07) is 0. The van der Waals surface area contributed by atoms with Crippen molar-refractivity contribution in [1.82, 2.24) is 9.97 Å². The molecule has 0 saturated heterocycles. The first-order valence-electron chi connectivity index (χ1n) is 10.1. The summed E-state index contributed by atoms with van der Waals surface area (Å²) >= 11 is 9.58. The summed E-state index contributed by atoms with van der Waals surface area (Å²) in [6.45, 7) is 7.05. The first kappa shape index (κ1) is 24.5. The molecule has 0 aliphatic heterocycles. The van der Waals surface area contributed by atoms with Crippen LogP contribution in [0.1, 0.15) is 66.1 Å². The Balaban J connectivity index is 1.72. The van der Waals surface area contributed by atoms with Crippen LogP contribution >= 0.6 is 54.5 Å². The van der Waals surface area contributed by atoms with Gasteiger partial charge in [-0.2, -0.15) is 0 Å². The second-order valence-corrected chi connectivity index (χ2v) is 11.5. The van der Waals surface area contributed by atoms with Gasteiger partial charge in [-0.3, -0.25) is 0 Å². The quantitative estimate of drug-likeness (QED) is 0.244. The minimum absolute atomic E-state index is 0.263. The van der Waals surface area contributed by atoms with Crippen LogP contribution in [0.5, 0.6) is 0 Å². The lowest BCUT2D eigenvalue weighted by Gasteiger charge is -2.12. The number of hydrogen-bond donors (Lipinski definition) is 0. The minimum Gasteiger partial charge on any atom is -0.464 e. The molecule has 0 saturated carbocycles. The lowest BCUT2D eigenvalue weighted by Crippen LogP contribution is -2.09. The number of aromatic nitrogens is 2. The Kier molecular flexibility index (Phi) is 8.45. The van der Waals surface area contributed by atoms with E-state index in [0.29, 0.717) is 37.5 Å². The lowest BCUT2D eigenvalue weighted by molar-refractivity contribution is 0.0482. The van der Waals surface area contributed by atoms with Gasteiger partial charge in [0.15, 0.2) is 0 Å². The number of halogens is 2. The number of nitrogens with zero attached hydrogens (tertiary/aromatic N) is 2. The number of fused-ring (bicyclic) bond motifs is 2. The van der Waals surface area contributed by atoms with Gasteiger partial charge in [0.25, 0.3) is 0 Å². The van der Waals surface area contributed by atoms with Gasteiger partial charge >= 0.3 is 11.9 Å². The van der Waals surface area contributed by atoms with Crippen molar-refractivity contribution in [3.8, 4) is 0 Å². The molecule has 0 radical (unpaired) electrons. The van der Waals surface area contributed by atoms with E-state index in [9.17, 15) is 9.59 Å². The van der Waals surface area contributed by atoms with Gasteiger partial charge < -0.3 is 9.47 Å². The molecule has 0 bridgehead atoms. The third-order valence-electron chi connectivity index (χ3n) is 4.93. The van der Waals surface area contributed by atoms with Crippen LogP contribution in [0.3, 0.4) is 0 Å². The van der Waals surface area contributed by atoms with Gasteiger partial charge in [0.1, 0.15) is 0 Å². The van der Waals surface area contributed by atoms with Crippen LogP contribution in [0, 0.1) is 11.8 Å². The predicted molar refractivity (Wildman–Crippen MR) is 132 cm³/mol. The standard InChI is InChI=1S/C21H24Br2N2O4S2/c1-10(2)6-5-7-11(3)8-9-29-21(27)19-25-15-13(23)16-14(12(22)17(15)31-19)24-18(30-16)20(26)28-4/h10-11H,5-9H2,1-4H3. The molecule has 0 N–H and O–H groups in total. The first-order valence-corrected chi connectivity index (χ1v) is 13.3. The number of rotatable bonds is 9. The summed E-state index contributed by atoms with van der Waals surface area (Å²) in [4.78, 5) is 33.3. The van der Waals surface area contributed by atoms with Crippen molar-refractivity contribution < 1.29 is 19.1 Å². The molecule has 1 unspecified atom stereocenters. The smallest absolute Gasteiger partial charge is 0.367 e. The van der Waals surface area contributed by atoms with Crippen molar-refractivity contribution in [3.63, 3.8) is 0 Å². The van der Waals surface area contributed by atoms with Crippen LogP contribution in [0.2, 0.25) is 0 Å². The van der Waals surface area contributed by atoms with Crippen molar-refractivity contribution in [2.24, 2.45) is 11.8 Å². The van der Waals surface area contributed by atoms with E-state index in [2.05, 4.69) is 62.6 Å². The van der Waals surface area contributed by atoms with Crippen LogP contribution in [-0.4, -0.2) is 35.6 Å². The van der Waals surface area contributed by atoms with Crippen molar-refractivity contribution in [3.05, 3.63) is 19.0 Å². The second-order valence-electron chi connectivity index (χ2n) is 7.87. The number of ether oxygens (including phenoxy) is 2. The van der Waals surface area contributed by atoms with E-state index in [0.717, 1.165) is 28.2 Å². The van der Waals surface area contributed by atoms with Crippen molar-refractivity contribution in [1.29, 1.82) is 0 Å². The summed E-state index contributed by atoms with van der Waals surface area (Å²) in [5.41, 5.74) is 1.27. The largest absolute Gasteiger partial charge is 0.464 e. The molecule has 0 fully saturated rings. The highest BCUT2D eigenvalue weighted by Gasteiger charge is 2.24. The molecule has 2 heterocycles. The zero-order valence-corrected chi connectivity index (χ0v) is 22.6. The third kappa shape index (κ3) is 5.64. The zero-order valence-electron chi connectivity index (χ0n) is 17.8. The maximum absolute atomic E-state index is 12.6. The number of esters is 2. The lowest BCUT2D eigenvalue weighted by atomic mass is 9.98. The highest BCUT2D eigenvalue weighted by atomic mass is 79.9. The average Bonchev–Trinajstić information content (AvgIpc) is 3.37. The number of carbonyl (C=O) groups is 2. The monoisotopic (exact) mass is 590 g/mol. The highest BCUT2D eigenvalue weighted by Crippen LogP contribution is 2.43. The number of carbonyl (C=O) groups excluding carboxylic acids is 2. The van der Waals surface area contributed by atoms with E-state index >= 15 is 0 Å². The third-order valence-corrected chi connectivity index (χ3v) is 9.10. The molecule has 1 aromatic carbocycles. The van der Waals surface area contributed by atoms with Crippen LogP contribution < -0.4 is 0 Å². The summed E-state index contributed by atoms with van der Waals surface area (Å²) in [5.74, 6) is 0.340. The first-order chi connectivity index (χ1) is 14.7. The summed E-state index contributed by atoms with van der Waals surface area (Å²) in [5, 5.41) is 0.563. The molecule has 31 heavy (non-hydrogen) atoms. The predicted octanol–water partition coefficient (Wildman–Crippen LogP) is 7.23. The Bertz CT molecular complexity index is 1050. The van der Waals surface area contributed by atoms with E-state index in [1.165, 1.54) is 42.6 Å². The molecule has 0 aliphatic rings. The molecule has 168 valence electrons. The molecule has 0 spiro atoms. The molecule has 0 amide bonds. The molecular weight excluding hydrogens is 568 g/mol. The molecule has 2 aromatic heterocycles. The fourth-order valence-corrected chi connectivity index (χ4v) is 6.67. The number of methoxy groups -OCH3 is 1. The van der Waals surface area contributed by atoms with Gasteiger partial charge in [0.05, 0.1) is 43.1 Å². The second kappa shape index (κ2) is 10.7. The highest BCUT2D eigenvalue weighted by molar-refractivity contribution is 9.11. The SMILES string of the molecule is COC(=O)c1nc2c(Br)c3sc(C(=O)OCCC(C)CCCC(C)C)nc3c(Br)c2s1. The Morgan fingerprint density at radius 2 is 1.45 bits per heavy atom. The molecule has 0 aliphatic carbocycles. The average molecular weight is 592 g/mol. The van der Waals surface area contributed by atoms with Crippen LogP contribution in [0.25, 0.3) is 20.4 Å². The van der Waals surface area contributed by atoms with E-state index in [1.54, 1.807) is 0 Å². The van der Waals surface area contributed by atoms with E-state index in [4.69, 9.17) is 9.47 Å². The maximum Gasteiger partial charge on any atom is 0.367 e. The van der Waals surface area contributed by atoms with Crippen molar-refractivity contribution in [2.45, 2.75) is 46.5 Å². The summed E-state index contributed by atoms with van der Waals surface area (Å²) < 4.78 is 13.2. The van der Waals surface area contributed by atoms with Crippen LogP contribution in [0.4, 0.5) is 0 Å². The Morgan fingerprint density at radius 3 is 1.97 bits per heavy atom. The van der Waals surface area contributed by atoms with Gasteiger partial charge in [0, 0.05) is 0 Å². The fourth-order valence-electron chi connectivity index (χ4n) is 3.15. The normalized spacial score (nSPS) is 12.6. The molecule has 1 atom stereocenters. The molecule has 6 nitrogen and oxygen atoms in total. The maximum atomic E-state index is 12.6. The van der Waals surface area contributed by atoms with E-state index in [1.807, 2.05) is 0 Å². The van der Waals surface area contributed by atoms with E-state index < -0.39 is 11.9 Å². The van der Waals surface area contributed by atoms with Gasteiger partial charge in [0.2, 0.25) is 10.0 Å². The number of benzene rings is 1. The Hall–Kier alpha value is -1.10. The van der Waals surface area contributed by atoms with Gasteiger partial charge in [-0.1, -0.05) is 40.0 Å². The number of hydrogen-bond acceptors (Lipinski definition) is 8. The summed E-state index contributed by atoms with van der Waals surface area (Å²) in [7, 11) is 1.32. The fraction of sp³-hybridized carbons (Fsp3) is 0.524. The molecule has 3 aromatic rings. The zero-order chi connectivity index (χ0) is 22.7. The van der Waals surface area contributed by atoms with Gasteiger partial charge in [-0.15, -0.1) is 22.7 Å². The Labute approximate surface area is 206 Å². The van der Waals surface area contributed by atoms with Gasteiger partial charge in [-0.25, -0.2) is 19.6 Å². The molecular formula is C21H24Br2N2O4S2. The van der Waals surface area contributed by atoms with Crippen molar-refractivity contribution in [2.75, 3.05) is 13.7 Å². The Morgan fingerprint density at radius 1 is 0.903 bits per heavy atom. The molecule has 3 rings (SSSR count). The minimum atomic E-state index is -0.487. The van der Waals surface area contributed by atoms with Gasteiger partial charge in [-0.05, 0) is 50.1 Å². The van der Waals surface area contributed by atoms with Crippen molar-refractivity contribution >= 4 is 86.9 Å². The molecule has 10 heteroatoms. The van der Waals surface area contributed by atoms with E-state index in [-0.39, 0.29) is 5.01 Å². The summed E-state index contributed by atoms with van der Waals surface area (Å²) in [6.07, 6.45) is 4.43. The number of thiazole rings is 2. The topological polar surface area (TPSA) is 78.4 Å². The van der Waals surface area contributed by atoms with Crippen LogP contribution in [0.15, 0.2) is 8.95 Å².